The molecule has 1 aromatic carbocycles. The second kappa shape index (κ2) is 5.99. The maximum Gasteiger partial charge on any atom is 0.255 e. The maximum absolute atomic E-state index is 12.3. The number of fused-ring (bicyclic) bond motifs is 1. The average molecular weight is 324 g/mol. The summed E-state index contributed by atoms with van der Waals surface area (Å²) in [7, 11) is 3.37. The largest absolute Gasteiger partial charge is 0.365 e. The summed E-state index contributed by atoms with van der Waals surface area (Å²) in [5.74, 6) is -0.314. The van der Waals surface area contributed by atoms with Crippen LogP contribution in [0, 0.1) is 0 Å². The Bertz CT molecular complexity index is 931. The lowest BCUT2D eigenvalue weighted by atomic mass is 10.1. The van der Waals surface area contributed by atoms with Gasteiger partial charge in [-0.05, 0) is 12.1 Å². The maximum atomic E-state index is 12.3. The van der Waals surface area contributed by atoms with Gasteiger partial charge in [-0.1, -0.05) is 12.1 Å². The van der Waals surface area contributed by atoms with Crippen LogP contribution in [0.4, 0.5) is 11.5 Å². The van der Waals surface area contributed by atoms with Crippen molar-refractivity contribution in [3.63, 3.8) is 0 Å². The van der Waals surface area contributed by atoms with E-state index in [9.17, 15) is 9.59 Å². The average Bonchev–Trinajstić information content (AvgIpc) is 2.98. The number of carbonyl (C=O) groups is 2. The molecule has 2 amide bonds. The van der Waals surface area contributed by atoms with E-state index in [0.717, 1.165) is 0 Å². The number of hydrogen-bond donors (Lipinski definition) is 3. The molecule has 2 heterocycles. The standard InChI is InChI=1S/C16H16N6O2/c1-22(2)16(24)9-5-3-4-6-11(9)20-12-8-19-15-13(21-12)10(7-18-15)14(17)23/h3-8H,1-2H3,(H2,17,23)(H,18,19)(H,20,21). The molecular formula is C16H16N6O2. The quantitative estimate of drug-likeness (QED) is 0.672. The first-order chi connectivity index (χ1) is 11.5. The Morgan fingerprint density at radius 1 is 1.21 bits per heavy atom. The molecule has 24 heavy (non-hydrogen) atoms. The smallest absolute Gasteiger partial charge is 0.255 e. The van der Waals surface area contributed by atoms with Gasteiger partial charge in [0.2, 0.25) is 0 Å². The molecule has 3 rings (SSSR count). The van der Waals surface area contributed by atoms with Crippen molar-refractivity contribution in [3.8, 4) is 0 Å². The highest BCUT2D eigenvalue weighted by molar-refractivity contribution is 6.04. The molecule has 0 aliphatic rings. The summed E-state index contributed by atoms with van der Waals surface area (Å²) in [6, 6.07) is 7.09. The fraction of sp³-hybridized carbons (Fsp3) is 0.125. The normalized spacial score (nSPS) is 10.6. The fourth-order valence-corrected chi connectivity index (χ4v) is 2.30. The molecule has 122 valence electrons. The summed E-state index contributed by atoms with van der Waals surface area (Å²) in [5, 5.41) is 3.07. The van der Waals surface area contributed by atoms with Crippen molar-refractivity contribution in [2.75, 3.05) is 19.4 Å². The van der Waals surface area contributed by atoms with Crippen LogP contribution in [0.15, 0.2) is 36.7 Å². The summed E-state index contributed by atoms with van der Waals surface area (Å²) in [6.45, 7) is 0. The highest BCUT2D eigenvalue weighted by atomic mass is 16.2. The van der Waals surface area contributed by atoms with Gasteiger partial charge in [0.15, 0.2) is 5.65 Å². The predicted molar refractivity (Wildman–Crippen MR) is 90.1 cm³/mol. The van der Waals surface area contributed by atoms with E-state index < -0.39 is 5.91 Å². The molecule has 0 bridgehead atoms. The number of para-hydroxylation sites is 1. The van der Waals surface area contributed by atoms with E-state index in [2.05, 4.69) is 20.3 Å². The van der Waals surface area contributed by atoms with Crippen molar-refractivity contribution < 1.29 is 9.59 Å². The lowest BCUT2D eigenvalue weighted by Crippen LogP contribution is -2.22. The summed E-state index contributed by atoms with van der Waals surface area (Å²) in [6.07, 6.45) is 2.99. The molecule has 8 nitrogen and oxygen atoms in total. The first kappa shape index (κ1) is 15.5. The van der Waals surface area contributed by atoms with E-state index in [1.54, 1.807) is 32.3 Å². The Hall–Kier alpha value is -3.42. The number of benzene rings is 1. The van der Waals surface area contributed by atoms with Crippen molar-refractivity contribution in [2.45, 2.75) is 0 Å². The molecule has 2 aromatic heterocycles. The monoisotopic (exact) mass is 324 g/mol. The first-order valence-corrected chi connectivity index (χ1v) is 7.19. The van der Waals surface area contributed by atoms with E-state index in [1.807, 2.05) is 6.07 Å². The minimum absolute atomic E-state index is 0.133. The number of carbonyl (C=O) groups excluding carboxylic acids is 2. The Morgan fingerprint density at radius 2 is 1.96 bits per heavy atom. The molecular weight excluding hydrogens is 308 g/mol. The number of aromatic amines is 1. The zero-order valence-corrected chi connectivity index (χ0v) is 13.2. The second-order valence-corrected chi connectivity index (χ2v) is 5.39. The summed E-state index contributed by atoms with van der Waals surface area (Å²) in [4.78, 5) is 36.6. The third kappa shape index (κ3) is 2.76. The van der Waals surface area contributed by atoms with E-state index in [0.29, 0.717) is 28.2 Å². The predicted octanol–water partition coefficient (Wildman–Crippen LogP) is 1.50. The number of aromatic nitrogens is 3. The number of H-pyrrole nitrogens is 1. The number of primary amides is 1. The van der Waals surface area contributed by atoms with Crippen molar-refractivity contribution in [2.24, 2.45) is 5.73 Å². The molecule has 0 saturated heterocycles. The summed E-state index contributed by atoms with van der Waals surface area (Å²) < 4.78 is 0. The van der Waals surface area contributed by atoms with Gasteiger partial charge in [-0.25, -0.2) is 9.97 Å². The van der Waals surface area contributed by atoms with Gasteiger partial charge in [-0.3, -0.25) is 9.59 Å². The van der Waals surface area contributed by atoms with Crippen LogP contribution < -0.4 is 11.1 Å². The first-order valence-electron chi connectivity index (χ1n) is 7.19. The van der Waals surface area contributed by atoms with Gasteiger partial charge in [-0.2, -0.15) is 0 Å². The zero-order chi connectivity index (χ0) is 17.3. The zero-order valence-electron chi connectivity index (χ0n) is 13.2. The molecule has 0 aliphatic carbocycles. The van der Waals surface area contributed by atoms with Gasteiger partial charge in [0.25, 0.3) is 11.8 Å². The number of nitrogens with one attached hydrogen (secondary N) is 2. The third-order valence-electron chi connectivity index (χ3n) is 3.47. The molecule has 0 unspecified atom stereocenters. The minimum Gasteiger partial charge on any atom is -0.365 e. The van der Waals surface area contributed by atoms with E-state index in [1.165, 1.54) is 17.3 Å². The van der Waals surface area contributed by atoms with E-state index in [4.69, 9.17) is 5.73 Å². The van der Waals surface area contributed by atoms with Crippen molar-refractivity contribution in [1.29, 1.82) is 0 Å². The summed E-state index contributed by atoms with van der Waals surface area (Å²) in [5.41, 5.74) is 7.54. The third-order valence-corrected chi connectivity index (χ3v) is 3.47. The van der Waals surface area contributed by atoms with E-state index in [-0.39, 0.29) is 11.5 Å². The van der Waals surface area contributed by atoms with Gasteiger partial charge >= 0.3 is 0 Å². The number of hydrogen-bond acceptors (Lipinski definition) is 5. The lowest BCUT2D eigenvalue weighted by molar-refractivity contribution is 0.0828. The van der Waals surface area contributed by atoms with Crippen molar-refractivity contribution >= 4 is 34.5 Å². The van der Waals surface area contributed by atoms with Gasteiger partial charge in [0.1, 0.15) is 11.3 Å². The molecule has 0 saturated carbocycles. The lowest BCUT2D eigenvalue weighted by Gasteiger charge is -2.14. The number of amides is 2. The minimum atomic E-state index is -0.587. The van der Waals surface area contributed by atoms with Gasteiger partial charge in [-0.15, -0.1) is 0 Å². The molecule has 4 N–H and O–H groups in total. The molecule has 3 aromatic rings. The van der Waals surface area contributed by atoms with Crippen LogP contribution in [0.5, 0.6) is 0 Å². The van der Waals surface area contributed by atoms with Crippen LogP contribution in [-0.4, -0.2) is 45.8 Å². The SMILES string of the molecule is CN(C)C(=O)c1ccccc1Nc1cnc2[nH]cc(C(N)=O)c2n1. The molecule has 8 heteroatoms. The molecule has 0 aliphatic heterocycles. The topological polar surface area (TPSA) is 117 Å². The van der Waals surface area contributed by atoms with Crippen LogP contribution in [-0.2, 0) is 0 Å². The fourth-order valence-electron chi connectivity index (χ4n) is 2.30. The van der Waals surface area contributed by atoms with Crippen LogP contribution in [0.3, 0.4) is 0 Å². The molecule has 0 spiro atoms. The number of nitrogens with zero attached hydrogens (tertiary/aromatic N) is 3. The number of anilines is 2. The summed E-state index contributed by atoms with van der Waals surface area (Å²) >= 11 is 0. The van der Waals surface area contributed by atoms with E-state index >= 15 is 0 Å². The Balaban J connectivity index is 2.00. The molecule has 0 atom stereocenters. The Morgan fingerprint density at radius 3 is 2.67 bits per heavy atom. The van der Waals surface area contributed by atoms with Crippen LogP contribution in [0.1, 0.15) is 20.7 Å². The van der Waals surface area contributed by atoms with Crippen LogP contribution in [0.2, 0.25) is 0 Å². The van der Waals surface area contributed by atoms with Gasteiger partial charge in [0, 0.05) is 20.3 Å². The van der Waals surface area contributed by atoms with Gasteiger partial charge < -0.3 is 20.9 Å². The Labute approximate surface area is 137 Å². The van der Waals surface area contributed by atoms with Gasteiger partial charge in [0.05, 0.1) is 23.0 Å². The van der Waals surface area contributed by atoms with Crippen molar-refractivity contribution in [3.05, 3.63) is 47.8 Å². The van der Waals surface area contributed by atoms with Crippen LogP contribution in [0.25, 0.3) is 11.2 Å². The van der Waals surface area contributed by atoms with Crippen molar-refractivity contribution in [1.82, 2.24) is 19.9 Å². The number of nitrogens with two attached hydrogens (primary N) is 1. The highest BCUT2D eigenvalue weighted by Gasteiger charge is 2.15. The second-order valence-electron chi connectivity index (χ2n) is 5.39. The highest BCUT2D eigenvalue weighted by Crippen LogP contribution is 2.22. The van der Waals surface area contributed by atoms with Crippen LogP contribution >= 0.6 is 0 Å². The number of rotatable bonds is 4. The molecule has 0 radical (unpaired) electrons. The molecule has 0 fully saturated rings. The Kier molecular flexibility index (Phi) is 3.87.